The van der Waals surface area contributed by atoms with Crippen LogP contribution in [0.5, 0.6) is 0 Å². The monoisotopic (exact) mass is 292 g/mol. The molecule has 1 rings (SSSR count). The van der Waals surface area contributed by atoms with Crippen molar-refractivity contribution in [3.63, 3.8) is 0 Å². The van der Waals surface area contributed by atoms with E-state index >= 15 is 0 Å². The Morgan fingerprint density at radius 1 is 1.43 bits per heavy atom. The van der Waals surface area contributed by atoms with Gasteiger partial charge in [-0.3, -0.25) is 9.78 Å². The summed E-state index contributed by atoms with van der Waals surface area (Å²) in [4.78, 5) is 26.1. The van der Waals surface area contributed by atoms with Crippen molar-refractivity contribution in [1.29, 1.82) is 0 Å². The fourth-order valence-electron chi connectivity index (χ4n) is 1.45. The largest absolute Gasteiger partial charge is 0.478 e. The Bertz CT molecular complexity index is 495. The van der Waals surface area contributed by atoms with Gasteiger partial charge in [0.05, 0.1) is 6.61 Å². The maximum Gasteiger partial charge on any atom is 0.328 e. The summed E-state index contributed by atoms with van der Waals surface area (Å²) in [5.74, 6) is -0.844. The van der Waals surface area contributed by atoms with Crippen LogP contribution in [0.15, 0.2) is 24.4 Å². The number of nitrogens with zero attached hydrogens (tertiary/aromatic N) is 1. The van der Waals surface area contributed by atoms with Crippen LogP contribution >= 0.6 is 0 Å². The number of amides is 1. The molecular formula is C15H20N2O4. The highest BCUT2D eigenvalue weighted by Crippen LogP contribution is 2.02. The summed E-state index contributed by atoms with van der Waals surface area (Å²) < 4.78 is 5.35. The molecule has 0 bridgehead atoms. The van der Waals surface area contributed by atoms with Crippen molar-refractivity contribution < 1.29 is 19.4 Å². The minimum absolute atomic E-state index is 0.281. The molecule has 0 aliphatic heterocycles. The highest BCUT2D eigenvalue weighted by atomic mass is 16.5. The quantitative estimate of drug-likeness (QED) is 0.561. The number of carboxylic acids is 1. The van der Waals surface area contributed by atoms with Gasteiger partial charge in [-0.05, 0) is 23.6 Å². The Morgan fingerprint density at radius 3 is 2.76 bits per heavy atom. The van der Waals surface area contributed by atoms with Crippen LogP contribution in [0.1, 0.15) is 29.9 Å². The number of carboxylic acid groups (broad SMARTS) is 1. The van der Waals surface area contributed by atoms with Gasteiger partial charge in [-0.25, -0.2) is 4.79 Å². The molecule has 1 aromatic rings. The lowest BCUT2D eigenvalue weighted by atomic mass is 10.2. The lowest BCUT2D eigenvalue weighted by molar-refractivity contribution is -0.131. The molecule has 0 spiro atoms. The fourth-order valence-corrected chi connectivity index (χ4v) is 1.45. The van der Waals surface area contributed by atoms with Crippen LogP contribution in [0, 0.1) is 5.92 Å². The average Bonchev–Trinajstić information content (AvgIpc) is 2.44. The smallest absolute Gasteiger partial charge is 0.328 e. The second kappa shape index (κ2) is 8.86. The minimum atomic E-state index is -1.03. The zero-order valence-electron chi connectivity index (χ0n) is 12.2. The van der Waals surface area contributed by atoms with Crippen LogP contribution < -0.4 is 5.32 Å². The molecule has 6 nitrogen and oxygen atoms in total. The van der Waals surface area contributed by atoms with Gasteiger partial charge >= 0.3 is 5.97 Å². The summed E-state index contributed by atoms with van der Waals surface area (Å²) in [5, 5.41) is 11.2. The summed E-state index contributed by atoms with van der Waals surface area (Å²) >= 11 is 0. The predicted molar refractivity (Wildman–Crippen MR) is 78.9 cm³/mol. The Hall–Kier alpha value is -2.21. The number of hydrogen-bond donors (Lipinski definition) is 2. The first-order chi connectivity index (χ1) is 9.99. The minimum Gasteiger partial charge on any atom is -0.478 e. The Balaban J connectivity index is 2.39. The van der Waals surface area contributed by atoms with E-state index in [1.807, 2.05) is 0 Å². The van der Waals surface area contributed by atoms with Crippen LogP contribution in [0.3, 0.4) is 0 Å². The van der Waals surface area contributed by atoms with Crippen molar-refractivity contribution >= 4 is 18.0 Å². The van der Waals surface area contributed by atoms with Crippen LogP contribution in [0.2, 0.25) is 0 Å². The number of nitrogens with one attached hydrogen (secondary N) is 1. The molecule has 6 heteroatoms. The van der Waals surface area contributed by atoms with Crippen molar-refractivity contribution in [2.45, 2.75) is 13.8 Å². The van der Waals surface area contributed by atoms with Gasteiger partial charge in [0.15, 0.2) is 0 Å². The summed E-state index contributed by atoms with van der Waals surface area (Å²) in [6.45, 7) is 5.67. The van der Waals surface area contributed by atoms with Gasteiger partial charge in [0.2, 0.25) is 0 Å². The summed E-state index contributed by atoms with van der Waals surface area (Å²) in [7, 11) is 0. The summed E-state index contributed by atoms with van der Waals surface area (Å²) in [6.07, 6.45) is 3.88. The van der Waals surface area contributed by atoms with Gasteiger partial charge < -0.3 is 15.2 Å². The van der Waals surface area contributed by atoms with Crippen LogP contribution in [-0.4, -0.2) is 41.7 Å². The molecule has 0 saturated heterocycles. The maximum atomic E-state index is 11.8. The first-order valence-corrected chi connectivity index (χ1v) is 6.72. The highest BCUT2D eigenvalue weighted by Gasteiger charge is 2.05. The fraction of sp³-hybridized carbons (Fsp3) is 0.400. The van der Waals surface area contributed by atoms with E-state index in [4.69, 9.17) is 9.84 Å². The molecule has 0 radical (unpaired) electrons. The molecule has 114 valence electrons. The molecule has 0 unspecified atom stereocenters. The predicted octanol–water partition coefficient (Wildman–Crippen LogP) is 1.58. The van der Waals surface area contributed by atoms with E-state index < -0.39 is 5.97 Å². The van der Waals surface area contributed by atoms with Crippen molar-refractivity contribution in [3.05, 3.63) is 35.7 Å². The molecule has 1 amide bonds. The Kier molecular flexibility index (Phi) is 7.11. The van der Waals surface area contributed by atoms with Crippen molar-refractivity contribution in [2.75, 3.05) is 19.8 Å². The Morgan fingerprint density at radius 2 is 2.19 bits per heavy atom. The van der Waals surface area contributed by atoms with Gasteiger partial charge in [-0.2, -0.15) is 0 Å². The number of ether oxygens (including phenoxy) is 1. The molecule has 0 aliphatic rings. The second-order valence-electron chi connectivity index (χ2n) is 4.87. The first kappa shape index (κ1) is 16.8. The van der Waals surface area contributed by atoms with E-state index in [0.717, 1.165) is 6.08 Å². The van der Waals surface area contributed by atoms with Gasteiger partial charge in [-0.15, -0.1) is 0 Å². The number of carbonyl (C=O) groups excluding carboxylic acids is 1. The van der Waals surface area contributed by atoms with E-state index in [-0.39, 0.29) is 11.6 Å². The third kappa shape index (κ3) is 7.22. The number of hydrogen-bond acceptors (Lipinski definition) is 4. The second-order valence-corrected chi connectivity index (χ2v) is 4.87. The van der Waals surface area contributed by atoms with Gasteiger partial charge in [0.1, 0.15) is 5.69 Å². The highest BCUT2D eigenvalue weighted by molar-refractivity contribution is 5.92. The van der Waals surface area contributed by atoms with Crippen molar-refractivity contribution in [1.82, 2.24) is 10.3 Å². The number of aromatic nitrogens is 1. The molecule has 0 aliphatic carbocycles. The standard InChI is InChI=1S/C15H20N2O4/c1-11(2)10-21-8-7-16-15(20)13-5-3-12(9-17-13)4-6-14(18)19/h3-6,9,11H,7-8,10H2,1-2H3,(H,16,20)(H,18,19)/b6-4+. The van der Waals surface area contributed by atoms with Crippen LogP contribution in [0.4, 0.5) is 0 Å². The molecule has 2 N–H and O–H groups in total. The molecule has 0 aromatic carbocycles. The maximum absolute atomic E-state index is 11.8. The number of pyridine rings is 1. The summed E-state index contributed by atoms with van der Waals surface area (Å²) in [5.41, 5.74) is 0.903. The normalized spacial score (nSPS) is 11.0. The number of aliphatic carboxylic acids is 1. The lowest BCUT2D eigenvalue weighted by Gasteiger charge is -2.07. The SMILES string of the molecule is CC(C)COCCNC(=O)c1ccc(/C=C/C(=O)O)cn1. The van der Waals surface area contributed by atoms with E-state index in [9.17, 15) is 9.59 Å². The van der Waals surface area contributed by atoms with Crippen LogP contribution in [0.25, 0.3) is 6.08 Å². The van der Waals surface area contributed by atoms with E-state index in [2.05, 4.69) is 24.1 Å². The molecule has 1 aromatic heterocycles. The zero-order valence-corrected chi connectivity index (χ0v) is 12.2. The van der Waals surface area contributed by atoms with Crippen molar-refractivity contribution in [3.8, 4) is 0 Å². The average molecular weight is 292 g/mol. The number of carbonyl (C=O) groups is 2. The molecule has 0 saturated carbocycles. The third-order valence-corrected chi connectivity index (χ3v) is 2.42. The zero-order chi connectivity index (χ0) is 15.7. The first-order valence-electron chi connectivity index (χ1n) is 6.72. The molecule has 0 fully saturated rings. The van der Waals surface area contributed by atoms with Crippen molar-refractivity contribution in [2.24, 2.45) is 5.92 Å². The molecule has 1 heterocycles. The Labute approximate surface area is 123 Å². The third-order valence-electron chi connectivity index (χ3n) is 2.42. The number of rotatable bonds is 8. The van der Waals surface area contributed by atoms with E-state index in [1.165, 1.54) is 12.3 Å². The van der Waals surface area contributed by atoms with Gasteiger partial charge in [0.25, 0.3) is 5.91 Å². The van der Waals surface area contributed by atoms with E-state index in [1.54, 1.807) is 12.1 Å². The van der Waals surface area contributed by atoms with Gasteiger partial charge in [-0.1, -0.05) is 19.9 Å². The summed E-state index contributed by atoms with van der Waals surface area (Å²) in [6, 6.07) is 3.18. The van der Waals surface area contributed by atoms with Crippen LogP contribution in [-0.2, 0) is 9.53 Å². The molecule has 0 atom stereocenters. The molecule has 21 heavy (non-hydrogen) atoms. The van der Waals surface area contributed by atoms with Gasteiger partial charge in [0, 0.05) is 25.4 Å². The van der Waals surface area contributed by atoms with E-state index in [0.29, 0.717) is 31.2 Å². The lowest BCUT2D eigenvalue weighted by Crippen LogP contribution is -2.28. The molecular weight excluding hydrogens is 272 g/mol. The topological polar surface area (TPSA) is 88.5 Å².